The number of ether oxygens (including phenoxy) is 1. The van der Waals surface area contributed by atoms with Gasteiger partial charge in [-0.05, 0) is 19.4 Å². The van der Waals surface area contributed by atoms with Gasteiger partial charge in [-0.25, -0.2) is 23.1 Å². The third-order valence-electron chi connectivity index (χ3n) is 4.88. The molecule has 0 saturated carbocycles. The molecule has 27 heavy (non-hydrogen) atoms. The molecule has 3 rings (SSSR count). The Kier molecular flexibility index (Phi) is 6.08. The average molecular weight is 380 g/mol. The maximum Gasteiger partial charge on any atom is 0.161 e. The Hall–Kier alpha value is -2.03. The smallest absolute Gasteiger partial charge is 0.161 e. The van der Waals surface area contributed by atoms with Crippen LogP contribution in [0.15, 0.2) is 18.3 Å². The van der Waals surface area contributed by atoms with E-state index in [1.807, 2.05) is 20.0 Å². The lowest BCUT2D eigenvalue weighted by Crippen LogP contribution is -2.35. The molecular weight excluding hydrogens is 357 g/mol. The molecule has 146 valence electrons. The first kappa shape index (κ1) is 19.7. The Morgan fingerprint density at radius 2 is 1.93 bits per heavy atom. The highest BCUT2D eigenvalue weighted by Gasteiger charge is 2.28. The molecule has 5 nitrogen and oxygen atoms in total. The molecule has 2 N–H and O–H groups in total. The van der Waals surface area contributed by atoms with Crippen LogP contribution in [0.1, 0.15) is 42.1 Å². The van der Waals surface area contributed by atoms with Crippen LogP contribution in [-0.2, 0) is 17.8 Å². The number of nitrogens with zero attached hydrogens (tertiary/aromatic N) is 3. The number of hydrogen-bond donors (Lipinski definition) is 1. The third kappa shape index (κ3) is 4.28. The van der Waals surface area contributed by atoms with Crippen molar-refractivity contribution in [1.82, 2.24) is 14.9 Å². The predicted octanol–water partition coefficient (Wildman–Crippen LogP) is 3.01. The van der Waals surface area contributed by atoms with Gasteiger partial charge < -0.3 is 10.5 Å². The summed E-state index contributed by atoms with van der Waals surface area (Å²) in [5, 5.41) is 0. The highest BCUT2D eigenvalue weighted by atomic mass is 19.2. The number of fused-ring (bicyclic) bond motifs is 1. The van der Waals surface area contributed by atoms with Crippen LogP contribution in [0.5, 0.6) is 0 Å². The summed E-state index contributed by atoms with van der Waals surface area (Å²) < 4.78 is 46.5. The number of halogens is 3. The number of aryl methyl sites for hydroxylation is 1. The van der Waals surface area contributed by atoms with Gasteiger partial charge in [-0.2, -0.15) is 0 Å². The van der Waals surface area contributed by atoms with E-state index < -0.39 is 23.6 Å². The first-order chi connectivity index (χ1) is 12.9. The molecule has 0 fully saturated rings. The average Bonchev–Trinajstić information content (AvgIpc) is 3.05. The number of aromatic nitrogens is 2. The molecule has 2 aromatic rings. The molecule has 1 aliphatic rings. The van der Waals surface area contributed by atoms with E-state index in [1.54, 1.807) is 0 Å². The second-order valence-electron chi connectivity index (χ2n) is 6.70. The molecule has 0 aliphatic carbocycles. The summed E-state index contributed by atoms with van der Waals surface area (Å²) in [6.45, 7) is 5.54. The van der Waals surface area contributed by atoms with E-state index in [0.29, 0.717) is 19.2 Å². The number of rotatable bonds is 7. The van der Waals surface area contributed by atoms with Gasteiger partial charge in [-0.3, -0.25) is 4.90 Å². The summed E-state index contributed by atoms with van der Waals surface area (Å²) in [6.07, 6.45) is 1.80. The molecule has 1 aliphatic heterocycles. The summed E-state index contributed by atoms with van der Waals surface area (Å²) in [5.74, 6) is -2.48. The van der Waals surface area contributed by atoms with E-state index in [2.05, 4.69) is 14.9 Å². The molecule has 1 aromatic carbocycles. The molecule has 0 radical (unpaired) electrons. The van der Waals surface area contributed by atoms with Gasteiger partial charge in [-0.1, -0.05) is 6.92 Å². The van der Waals surface area contributed by atoms with Gasteiger partial charge in [0.2, 0.25) is 0 Å². The predicted molar refractivity (Wildman–Crippen MR) is 94.2 cm³/mol. The van der Waals surface area contributed by atoms with Crippen LogP contribution in [0.4, 0.5) is 13.2 Å². The number of benzene rings is 1. The van der Waals surface area contributed by atoms with Gasteiger partial charge in [0.25, 0.3) is 0 Å². The maximum atomic E-state index is 14.0. The molecule has 0 unspecified atom stereocenters. The van der Waals surface area contributed by atoms with Crippen LogP contribution >= 0.6 is 0 Å². The second-order valence-corrected chi connectivity index (χ2v) is 6.70. The summed E-state index contributed by atoms with van der Waals surface area (Å²) in [5.41, 5.74) is 7.70. The maximum absolute atomic E-state index is 14.0. The van der Waals surface area contributed by atoms with Gasteiger partial charge >= 0.3 is 0 Å². The Morgan fingerprint density at radius 1 is 1.19 bits per heavy atom. The van der Waals surface area contributed by atoms with Crippen molar-refractivity contribution >= 4 is 0 Å². The first-order valence-electron chi connectivity index (χ1n) is 8.94. The van der Waals surface area contributed by atoms with E-state index in [-0.39, 0.29) is 24.8 Å². The monoisotopic (exact) mass is 380 g/mol. The van der Waals surface area contributed by atoms with Crippen molar-refractivity contribution < 1.29 is 17.9 Å². The quantitative estimate of drug-likeness (QED) is 0.748. The minimum Gasteiger partial charge on any atom is -0.370 e. The molecule has 0 spiro atoms. The normalized spacial score (nSPS) is 16.4. The van der Waals surface area contributed by atoms with Crippen LogP contribution in [0.2, 0.25) is 0 Å². The van der Waals surface area contributed by atoms with Gasteiger partial charge in [0.05, 0.1) is 18.4 Å². The topological polar surface area (TPSA) is 64.3 Å². The van der Waals surface area contributed by atoms with Crippen molar-refractivity contribution in [3.8, 4) is 0 Å². The molecule has 1 aromatic heterocycles. The molecule has 2 atom stereocenters. The lowest BCUT2D eigenvalue weighted by molar-refractivity contribution is 0.00640. The van der Waals surface area contributed by atoms with Crippen molar-refractivity contribution in [2.75, 3.05) is 13.2 Å². The van der Waals surface area contributed by atoms with Gasteiger partial charge in [-0.15, -0.1) is 0 Å². The number of hydrogen-bond acceptors (Lipinski definition) is 5. The fourth-order valence-corrected chi connectivity index (χ4v) is 3.31. The van der Waals surface area contributed by atoms with Crippen molar-refractivity contribution in [3.05, 3.63) is 58.4 Å². The fourth-order valence-electron chi connectivity index (χ4n) is 3.31. The number of nitrogens with two attached hydrogens (primary N) is 1. The van der Waals surface area contributed by atoms with E-state index in [9.17, 15) is 13.2 Å². The van der Waals surface area contributed by atoms with E-state index in [0.717, 1.165) is 29.6 Å². The zero-order chi connectivity index (χ0) is 19.6. The standard InChI is InChI=1S/C19H23F3N4O/c1-3-13(26-8-12-7-24-11(2)25-18(12)9-26)10-27-19(6-23)14-4-16(21)17(22)5-15(14)20/h4-5,7,13,19H,3,6,8-10,23H2,1-2H3/t13-,19+/m1/s1. The highest BCUT2D eigenvalue weighted by Crippen LogP contribution is 2.26. The van der Waals surface area contributed by atoms with Crippen LogP contribution in [0.25, 0.3) is 0 Å². The summed E-state index contributed by atoms with van der Waals surface area (Å²) >= 11 is 0. The van der Waals surface area contributed by atoms with E-state index in [4.69, 9.17) is 10.5 Å². The van der Waals surface area contributed by atoms with Crippen LogP contribution in [0.3, 0.4) is 0 Å². The van der Waals surface area contributed by atoms with Crippen LogP contribution in [0, 0.1) is 24.4 Å². The Morgan fingerprint density at radius 3 is 2.63 bits per heavy atom. The van der Waals surface area contributed by atoms with Gasteiger partial charge in [0.1, 0.15) is 11.6 Å². The fraction of sp³-hybridized carbons (Fsp3) is 0.474. The molecule has 0 saturated heterocycles. The largest absolute Gasteiger partial charge is 0.370 e. The van der Waals surface area contributed by atoms with Gasteiger partial charge in [0, 0.05) is 49.1 Å². The molecule has 0 amide bonds. The highest BCUT2D eigenvalue weighted by molar-refractivity contribution is 5.23. The Labute approximate surface area is 156 Å². The second kappa shape index (κ2) is 8.33. The molecule has 0 bridgehead atoms. The van der Waals surface area contributed by atoms with Crippen molar-refractivity contribution in [2.45, 2.75) is 45.5 Å². The molecule has 8 heteroatoms. The Bertz CT molecular complexity index is 818. The van der Waals surface area contributed by atoms with Crippen molar-refractivity contribution in [1.29, 1.82) is 0 Å². The third-order valence-corrected chi connectivity index (χ3v) is 4.88. The van der Waals surface area contributed by atoms with Crippen LogP contribution in [-0.4, -0.2) is 34.1 Å². The minimum atomic E-state index is -1.23. The zero-order valence-electron chi connectivity index (χ0n) is 15.4. The van der Waals surface area contributed by atoms with E-state index in [1.165, 1.54) is 0 Å². The first-order valence-corrected chi connectivity index (χ1v) is 8.94. The van der Waals surface area contributed by atoms with Crippen molar-refractivity contribution in [3.63, 3.8) is 0 Å². The minimum absolute atomic E-state index is 0.0384. The summed E-state index contributed by atoms with van der Waals surface area (Å²) in [6, 6.07) is 1.39. The van der Waals surface area contributed by atoms with Crippen LogP contribution < -0.4 is 5.73 Å². The molecular formula is C19H23F3N4O. The lowest BCUT2D eigenvalue weighted by Gasteiger charge is -2.28. The lowest BCUT2D eigenvalue weighted by atomic mass is 10.1. The van der Waals surface area contributed by atoms with Crippen molar-refractivity contribution in [2.24, 2.45) is 5.73 Å². The Balaban J connectivity index is 1.68. The van der Waals surface area contributed by atoms with Gasteiger partial charge in [0.15, 0.2) is 11.6 Å². The SMILES string of the molecule is CC[C@H](CO[C@@H](CN)c1cc(F)c(F)cc1F)N1Cc2cnc(C)nc2C1. The molecule has 2 heterocycles. The summed E-state index contributed by atoms with van der Waals surface area (Å²) in [4.78, 5) is 10.9. The summed E-state index contributed by atoms with van der Waals surface area (Å²) in [7, 11) is 0. The van der Waals surface area contributed by atoms with E-state index >= 15 is 0 Å². The zero-order valence-corrected chi connectivity index (χ0v) is 15.4.